The maximum absolute atomic E-state index is 11.9. The molecule has 9 nitrogen and oxygen atoms in total. The van der Waals surface area contributed by atoms with Crippen LogP contribution in [0.1, 0.15) is 5.56 Å². The second-order valence-corrected chi connectivity index (χ2v) is 7.84. The van der Waals surface area contributed by atoms with E-state index in [-0.39, 0.29) is 0 Å². The first-order chi connectivity index (χ1) is 13.4. The molecule has 142 valence electrons. The Morgan fingerprint density at radius 3 is 2.36 bits per heavy atom. The number of anilines is 5. The van der Waals surface area contributed by atoms with Gasteiger partial charge in [0, 0.05) is 19.3 Å². The zero-order chi connectivity index (χ0) is 20.1. The van der Waals surface area contributed by atoms with Crippen LogP contribution in [0.5, 0.6) is 0 Å². The molecule has 3 aromatic rings. The minimum Gasteiger partial charge on any atom is -0.338 e. The molecule has 0 bridgehead atoms. The molecule has 28 heavy (non-hydrogen) atoms. The number of aromatic nitrogens is 3. The van der Waals surface area contributed by atoms with Crippen molar-refractivity contribution in [3.63, 3.8) is 0 Å². The van der Waals surface area contributed by atoms with Gasteiger partial charge in [-0.15, -0.1) is 0 Å². The molecule has 0 aliphatic carbocycles. The first-order valence-corrected chi connectivity index (χ1v) is 9.97. The smallest absolute Gasteiger partial charge is 0.232 e. The van der Waals surface area contributed by atoms with Crippen molar-refractivity contribution in [2.45, 2.75) is 0 Å². The van der Waals surface area contributed by atoms with Gasteiger partial charge in [-0.3, -0.25) is 4.31 Å². The second-order valence-electron chi connectivity index (χ2n) is 5.83. The maximum Gasteiger partial charge on any atom is 0.232 e. The zero-order valence-corrected chi connectivity index (χ0v) is 16.0. The number of rotatable bonds is 6. The van der Waals surface area contributed by atoms with E-state index in [4.69, 9.17) is 5.26 Å². The third kappa shape index (κ3) is 4.52. The molecule has 0 spiro atoms. The van der Waals surface area contributed by atoms with Gasteiger partial charge in [-0.25, -0.2) is 23.4 Å². The molecular formula is C18H17N7O2S. The van der Waals surface area contributed by atoms with Crippen LogP contribution in [0.15, 0.2) is 55.0 Å². The molecule has 0 atom stereocenters. The Kier molecular flexibility index (Phi) is 5.37. The Bertz CT molecular complexity index is 1130. The molecule has 0 saturated heterocycles. The Morgan fingerprint density at radius 2 is 1.71 bits per heavy atom. The average molecular weight is 395 g/mol. The first kappa shape index (κ1) is 19.1. The van der Waals surface area contributed by atoms with Crippen LogP contribution in [-0.4, -0.2) is 36.7 Å². The van der Waals surface area contributed by atoms with Gasteiger partial charge in [-0.2, -0.15) is 5.26 Å². The van der Waals surface area contributed by atoms with Crippen molar-refractivity contribution in [2.75, 3.05) is 28.2 Å². The molecule has 0 aliphatic rings. The van der Waals surface area contributed by atoms with Crippen LogP contribution in [0.25, 0.3) is 0 Å². The van der Waals surface area contributed by atoms with Crippen LogP contribution >= 0.6 is 0 Å². The van der Waals surface area contributed by atoms with E-state index < -0.39 is 10.0 Å². The van der Waals surface area contributed by atoms with Gasteiger partial charge >= 0.3 is 0 Å². The molecular weight excluding hydrogens is 378 g/mol. The van der Waals surface area contributed by atoms with Crippen LogP contribution in [0, 0.1) is 11.3 Å². The zero-order valence-electron chi connectivity index (χ0n) is 15.2. The van der Waals surface area contributed by atoms with Crippen LogP contribution in [0.3, 0.4) is 0 Å². The molecule has 0 radical (unpaired) electrons. The average Bonchev–Trinajstić information content (AvgIpc) is 2.68. The van der Waals surface area contributed by atoms with E-state index in [0.717, 1.165) is 6.26 Å². The number of benzene rings is 1. The van der Waals surface area contributed by atoms with Gasteiger partial charge in [0.25, 0.3) is 0 Å². The fraction of sp³-hybridized carbons (Fsp3) is 0.111. The molecule has 0 unspecified atom stereocenters. The largest absolute Gasteiger partial charge is 0.338 e. The van der Waals surface area contributed by atoms with Gasteiger partial charge in [0.2, 0.25) is 10.0 Å². The van der Waals surface area contributed by atoms with Crippen molar-refractivity contribution in [1.29, 1.82) is 5.26 Å². The second kappa shape index (κ2) is 7.89. The maximum atomic E-state index is 11.9. The lowest BCUT2D eigenvalue weighted by Gasteiger charge is -2.20. The molecule has 2 N–H and O–H groups in total. The molecule has 2 heterocycles. The molecule has 2 aromatic heterocycles. The summed E-state index contributed by atoms with van der Waals surface area (Å²) in [5.41, 5.74) is 1.53. The molecule has 10 heteroatoms. The van der Waals surface area contributed by atoms with Crippen LogP contribution in [-0.2, 0) is 10.0 Å². The fourth-order valence-corrected chi connectivity index (χ4v) is 2.85. The van der Waals surface area contributed by atoms with Crippen molar-refractivity contribution < 1.29 is 8.42 Å². The van der Waals surface area contributed by atoms with E-state index in [0.29, 0.717) is 34.4 Å². The SMILES string of the molecule is CN(c1ccccc1Nc1cc(Nc2ccc(C#N)cn2)ncn1)S(C)(=O)=O. The van der Waals surface area contributed by atoms with Gasteiger partial charge in [0.05, 0.1) is 23.2 Å². The summed E-state index contributed by atoms with van der Waals surface area (Å²) in [7, 11) is -1.92. The Labute approximate surface area is 162 Å². The number of sulfonamides is 1. The van der Waals surface area contributed by atoms with Crippen molar-refractivity contribution in [3.8, 4) is 6.07 Å². The van der Waals surface area contributed by atoms with Crippen LogP contribution < -0.4 is 14.9 Å². The van der Waals surface area contributed by atoms with Crippen LogP contribution in [0.2, 0.25) is 0 Å². The summed E-state index contributed by atoms with van der Waals surface area (Å²) < 4.78 is 24.9. The number of para-hydroxylation sites is 2. The lowest BCUT2D eigenvalue weighted by atomic mass is 10.2. The van der Waals surface area contributed by atoms with Gasteiger partial charge in [0.1, 0.15) is 29.9 Å². The molecule has 0 aliphatic heterocycles. The Morgan fingerprint density at radius 1 is 1.00 bits per heavy atom. The van der Waals surface area contributed by atoms with E-state index in [1.54, 1.807) is 42.5 Å². The lowest BCUT2D eigenvalue weighted by Crippen LogP contribution is -2.25. The summed E-state index contributed by atoms with van der Waals surface area (Å²) in [5, 5.41) is 15.0. The Balaban J connectivity index is 1.83. The minimum atomic E-state index is -3.41. The molecule has 1 aromatic carbocycles. The third-order valence-electron chi connectivity index (χ3n) is 3.82. The number of nitriles is 1. The number of pyridine rings is 1. The Hall–Kier alpha value is -3.71. The third-order valence-corrected chi connectivity index (χ3v) is 5.01. The van der Waals surface area contributed by atoms with Crippen LogP contribution in [0.4, 0.5) is 28.8 Å². The van der Waals surface area contributed by atoms with Gasteiger partial charge in [-0.05, 0) is 24.3 Å². The number of nitrogens with one attached hydrogen (secondary N) is 2. The summed E-state index contributed by atoms with van der Waals surface area (Å²) in [6, 6.07) is 14.0. The molecule has 0 fully saturated rings. The molecule has 0 saturated carbocycles. The number of hydrogen-bond donors (Lipinski definition) is 2. The van der Waals surface area contributed by atoms with Gasteiger partial charge in [-0.1, -0.05) is 12.1 Å². The van der Waals surface area contributed by atoms with E-state index in [9.17, 15) is 8.42 Å². The predicted molar refractivity (Wildman–Crippen MR) is 107 cm³/mol. The molecule has 3 rings (SSSR count). The van der Waals surface area contributed by atoms with E-state index >= 15 is 0 Å². The summed E-state index contributed by atoms with van der Waals surface area (Å²) in [6.45, 7) is 0. The van der Waals surface area contributed by atoms with E-state index in [1.807, 2.05) is 6.07 Å². The molecule has 0 amide bonds. The van der Waals surface area contributed by atoms with Gasteiger partial charge < -0.3 is 10.6 Å². The monoisotopic (exact) mass is 395 g/mol. The van der Waals surface area contributed by atoms with E-state index in [1.165, 1.54) is 23.9 Å². The standard InChI is InChI=1S/C18H17N7O2S/c1-25(28(2,26)27)15-6-4-3-5-14(15)23-17-9-18(22-12-21-17)24-16-8-7-13(10-19)11-20-16/h3-9,11-12H,1-2H3,(H2,20,21,22,23,24). The minimum absolute atomic E-state index is 0.460. The lowest BCUT2D eigenvalue weighted by molar-refractivity contribution is 0.600. The predicted octanol–water partition coefficient (Wildman–Crippen LogP) is 2.63. The summed E-state index contributed by atoms with van der Waals surface area (Å²) in [5.74, 6) is 1.49. The number of hydrogen-bond acceptors (Lipinski definition) is 8. The topological polar surface area (TPSA) is 124 Å². The fourth-order valence-electron chi connectivity index (χ4n) is 2.33. The summed E-state index contributed by atoms with van der Waals surface area (Å²) in [4.78, 5) is 12.4. The summed E-state index contributed by atoms with van der Waals surface area (Å²) >= 11 is 0. The number of nitrogens with zero attached hydrogens (tertiary/aromatic N) is 5. The first-order valence-electron chi connectivity index (χ1n) is 8.12. The highest BCUT2D eigenvalue weighted by atomic mass is 32.2. The van der Waals surface area contributed by atoms with Crippen molar-refractivity contribution in [2.24, 2.45) is 0 Å². The highest BCUT2D eigenvalue weighted by Crippen LogP contribution is 2.29. The summed E-state index contributed by atoms with van der Waals surface area (Å²) in [6.07, 6.45) is 3.97. The normalized spacial score (nSPS) is 10.8. The van der Waals surface area contributed by atoms with Crippen molar-refractivity contribution in [1.82, 2.24) is 15.0 Å². The highest BCUT2D eigenvalue weighted by Gasteiger charge is 2.15. The van der Waals surface area contributed by atoms with Crippen molar-refractivity contribution >= 4 is 38.9 Å². The quantitative estimate of drug-likeness (QED) is 0.653. The van der Waals surface area contributed by atoms with Crippen molar-refractivity contribution in [3.05, 3.63) is 60.6 Å². The van der Waals surface area contributed by atoms with Gasteiger partial charge in [0.15, 0.2) is 0 Å². The van der Waals surface area contributed by atoms with E-state index in [2.05, 4.69) is 25.6 Å². The highest BCUT2D eigenvalue weighted by molar-refractivity contribution is 7.92.